The van der Waals surface area contributed by atoms with Crippen LogP contribution in [0, 0.1) is 0 Å². The van der Waals surface area contributed by atoms with Crippen LogP contribution in [0.1, 0.15) is 0 Å². The molecule has 3 aromatic heterocycles. The molecule has 0 amide bonds. The van der Waals surface area contributed by atoms with E-state index in [-0.39, 0.29) is 0 Å². The van der Waals surface area contributed by atoms with Crippen LogP contribution in [0.3, 0.4) is 0 Å². The van der Waals surface area contributed by atoms with Gasteiger partial charge in [0.15, 0.2) is 5.58 Å². The van der Waals surface area contributed by atoms with E-state index in [2.05, 4.69) is 71.3 Å². The summed E-state index contributed by atoms with van der Waals surface area (Å²) in [6.07, 6.45) is 0. The van der Waals surface area contributed by atoms with Gasteiger partial charge in [0.1, 0.15) is 16.7 Å². The van der Waals surface area contributed by atoms with Gasteiger partial charge in [-0.2, -0.15) is 0 Å². The summed E-state index contributed by atoms with van der Waals surface area (Å²) in [6, 6.07) is 41.0. The molecule has 0 atom stereocenters. The maximum Gasteiger partial charge on any atom is 0.492 e. The summed E-state index contributed by atoms with van der Waals surface area (Å²) < 4.78 is 15.0. The molecule has 6 heteroatoms. The highest BCUT2D eigenvalue weighted by molar-refractivity contribution is 6.61. The summed E-state index contributed by atoms with van der Waals surface area (Å²) in [5, 5.41) is 26.2. The van der Waals surface area contributed by atoms with E-state index in [0.29, 0.717) is 16.6 Å². The van der Waals surface area contributed by atoms with Gasteiger partial charge in [-0.25, -0.2) is 0 Å². The van der Waals surface area contributed by atoms with Gasteiger partial charge in [0.2, 0.25) is 0 Å². The van der Waals surface area contributed by atoms with Gasteiger partial charge in [-0.1, -0.05) is 91.0 Å². The molecule has 9 rings (SSSR count). The van der Waals surface area contributed by atoms with Crippen LogP contribution in [-0.4, -0.2) is 21.7 Å². The fourth-order valence-electron chi connectivity index (χ4n) is 6.58. The number of nitrogens with zero attached hydrogens (tertiary/aromatic N) is 1. The van der Waals surface area contributed by atoms with E-state index in [1.54, 1.807) is 6.07 Å². The Morgan fingerprint density at radius 1 is 0.500 bits per heavy atom. The van der Waals surface area contributed by atoms with Gasteiger partial charge in [-0.05, 0) is 35.9 Å². The number of hydrogen-bond acceptors (Lipinski definition) is 4. The van der Waals surface area contributed by atoms with Crippen molar-refractivity contribution >= 4 is 78.3 Å². The van der Waals surface area contributed by atoms with Crippen molar-refractivity contribution in [3.8, 4) is 16.8 Å². The number of benzene rings is 6. The standard InChI is InChI=1S/C36H22BNO4/c39-37(40)29-14-6-12-26-27-13-7-16-32(36(27)42-35(26)29)38-30-15-3-1-8-23(30)28-20-21(18-19-31(28)38)22-10-5-11-25-24-9-2-4-17-33(24)41-34(22)25/h1-20,39-40H. The summed E-state index contributed by atoms with van der Waals surface area (Å²) in [4.78, 5) is 0. The van der Waals surface area contributed by atoms with E-state index in [1.165, 1.54) is 0 Å². The van der Waals surface area contributed by atoms with Crippen LogP contribution < -0.4 is 5.46 Å². The molecule has 42 heavy (non-hydrogen) atoms. The zero-order valence-electron chi connectivity index (χ0n) is 22.3. The van der Waals surface area contributed by atoms with Crippen molar-refractivity contribution in [1.82, 2.24) is 4.57 Å². The van der Waals surface area contributed by atoms with Crippen molar-refractivity contribution in [1.29, 1.82) is 0 Å². The lowest BCUT2D eigenvalue weighted by Crippen LogP contribution is -2.29. The SMILES string of the molecule is OB(O)c1cccc2c1oc1c(-n3c4ccccc4c4cc(-c5cccc6c5oc5ccccc56)ccc43)cccc12. The Labute approximate surface area is 239 Å². The summed E-state index contributed by atoms with van der Waals surface area (Å²) in [7, 11) is -1.62. The number of hydrogen-bond donors (Lipinski definition) is 2. The number of para-hydroxylation sites is 5. The summed E-state index contributed by atoms with van der Waals surface area (Å²) >= 11 is 0. The van der Waals surface area contributed by atoms with E-state index < -0.39 is 7.12 Å². The van der Waals surface area contributed by atoms with Gasteiger partial charge in [-0.15, -0.1) is 0 Å². The van der Waals surface area contributed by atoms with Gasteiger partial charge in [0.25, 0.3) is 0 Å². The topological polar surface area (TPSA) is 71.7 Å². The lowest BCUT2D eigenvalue weighted by molar-refractivity contribution is 0.425. The molecule has 198 valence electrons. The normalized spacial score (nSPS) is 12.0. The molecule has 9 aromatic rings. The van der Waals surface area contributed by atoms with Crippen LogP contribution in [0.15, 0.2) is 130 Å². The largest absolute Gasteiger partial charge is 0.492 e. The lowest BCUT2D eigenvalue weighted by Gasteiger charge is -2.09. The molecule has 0 unspecified atom stereocenters. The van der Waals surface area contributed by atoms with E-state index in [0.717, 1.165) is 71.3 Å². The molecular formula is C36H22BNO4. The quantitative estimate of drug-likeness (QED) is 0.222. The molecule has 0 saturated heterocycles. The third kappa shape index (κ3) is 3.16. The van der Waals surface area contributed by atoms with Crippen molar-refractivity contribution in [3.05, 3.63) is 121 Å². The highest BCUT2D eigenvalue weighted by Gasteiger charge is 2.22. The molecule has 0 aliphatic rings. The zero-order valence-corrected chi connectivity index (χ0v) is 22.3. The van der Waals surface area contributed by atoms with Crippen molar-refractivity contribution < 1.29 is 18.9 Å². The van der Waals surface area contributed by atoms with Crippen LogP contribution in [-0.2, 0) is 0 Å². The van der Waals surface area contributed by atoms with E-state index >= 15 is 0 Å². The Hall–Kier alpha value is -5.30. The fourth-order valence-corrected chi connectivity index (χ4v) is 6.58. The predicted octanol–water partition coefficient (Wildman–Crippen LogP) is 7.93. The third-order valence-electron chi connectivity index (χ3n) is 8.44. The summed E-state index contributed by atoms with van der Waals surface area (Å²) in [5.41, 5.74) is 8.42. The van der Waals surface area contributed by atoms with Crippen molar-refractivity contribution in [2.45, 2.75) is 0 Å². The molecule has 0 aliphatic carbocycles. The first-order valence-corrected chi connectivity index (χ1v) is 13.9. The predicted molar refractivity (Wildman–Crippen MR) is 171 cm³/mol. The van der Waals surface area contributed by atoms with Crippen LogP contribution in [0.5, 0.6) is 0 Å². The second-order valence-electron chi connectivity index (χ2n) is 10.7. The molecule has 0 bridgehead atoms. The van der Waals surface area contributed by atoms with Gasteiger partial charge in [0.05, 0.1) is 16.7 Å². The van der Waals surface area contributed by atoms with Crippen molar-refractivity contribution in [3.63, 3.8) is 0 Å². The third-order valence-corrected chi connectivity index (χ3v) is 8.44. The van der Waals surface area contributed by atoms with E-state index in [4.69, 9.17) is 8.83 Å². The molecule has 0 aliphatic heterocycles. The number of furan rings is 2. The Bertz CT molecular complexity index is 2520. The maximum atomic E-state index is 9.99. The Morgan fingerprint density at radius 3 is 2.02 bits per heavy atom. The molecule has 0 radical (unpaired) electrons. The molecule has 3 heterocycles. The molecule has 5 nitrogen and oxygen atoms in total. The highest BCUT2D eigenvalue weighted by atomic mass is 16.4. The van der Waals surface area contributed by atoms with Gasteiger partial charge in [0, 0.05) is 43.3 Å². The van der Waals surface area contributed by atoms with Crippen LogP contribution in [0.4, 0.5) is 0 Å². The minimum Gasteiger partial charge on any atom is -0.455 e. The lowest BCUT2D eigenvalue weighted by atomic mass is 9.79. The minimum atomic E-state index is -1.62. The number of fused-ring (bicyclic) bond motifs is 9. The molecule has 6 aromatic carbocycles. The molecule has 2 N–H and O–H groups in total. The second kappa shape index (κ2) is 8.60. The zero-order chi connectivity index (χ0) is 27.9. The number of rotatable bonds is 3. The maximum absolute atomic E-state index is 9.99. The minimum absolute atomic E-state index is 0.348. The first kappa shape index (κ1) is 23.4. The molecule has 0 saturated carbocycles. The van der Waals surface area contributed by atoms with Crippen LogP contribution in [0.2, 0.25) is 0 Å². The van der Waals surface area contributed by atoms with E-state index in [1.807, 2.05) is 48.5 Å². The first-order valence-electron chi connectivity index (χ1n) is 13.9. The van der Waals surface area contributed by atoms with Crippen LogP contribution >= 0.6 is 0 Å². The van der Waals surface area contributed by atoms with Gasteiger partial charge >= 0.3 is 7.12 Å². The average Bonchev–Trinajstić information content (AvgIpc) is 3.70. The highest BCUT2D eigenvalue weighted by Crippen LogP contribution is 2.41. The summed E-state index contributed by atoms with van der Waals surface area (Å²) in [6.45, 7) is 0. The Balaban J connectivity index is 1.33. The molecule has 0 spiro atoms. The summed E-state index contributed by atoms with van der Waals surface area (Å²) in [5.74, 6) is 0. The molecule has 0 fully saturated rings. The fraction of sp³-hybridized carbons (Fsp3) is 0. The Kier molecular flexibility index (Phi) is 4.80. The Morgan fingerprint density at radius 2 is 1.17 bits per heavy atom. The number of aromatic nitrogens is 1. The van der Waals surface area contributed by atoms with Crippen LogP contribution in [0.25, 0.3) is 82.5 Å². The second-order valence-corrected chi connectivity index (χ2v) is 10.7. The van der Waals surface area contributed by atoms with Crippen molar-refractivity contribution in [2.75, 3.05) is 0 Å². The average molecular weight is 543 g/mol. The van der Waals surface area contributed by atoms with Crippen molar-refractivity contribution in [2.24, 2.45) is 0 Å². The monoisotopic (exact) mass is 543 g/mol. The van der Waals surface area contributed by atoms with Gasteiger partial charge in [-0.3, -0.25) is 0 Å². The smallest absolute Gasteiger partial charge is 0.455 e. The molecular weight excluding hydrogens is 521 g/mol. The van der Waals surface area contributed by atoms with E-state index in [9.17, 15) is 10.0 Å². The van der Waals surface area contributed by atoms with Gasteiger partial charge < -0.3 is 23.4 Å². The first-order chi connectivity index (χ1) is 20.7.